The fourth-order valence-electron chi connectivity index (χ4n) is 1.74. The molecule has 0 radical (unpaired) electrons. The number of hydrogen-bond acceptors (Lipinski definition) is 3. The summed E-state index contributed by atoms with van der Waals surface area (Å²) < 4.78 is 0.984. The quantitative estimate of drug-likeness (QED) is 0.755. The lowest BCUT2D eigenvalue weighted by Gasteiger charge is -2.10. The van der Waals surface area contributed by atoms with E-state index < -0.39 is 5.97 Å². The molecule has 0 aliphatic rings. The first-order valence-electron chi connectivity index (χ1n) is 5.67. The first-order chi connectivity index (χ1) is 9.06. The van der Waals surface area contributed by atoms with Gasteiger partial charge < -0.3 is 16.2 Å². The van der Waals surface area contributed by atoms with Crippen LogP contribution in [0.3, 0.4) is 0 Å². The Bertz CT molecular complexity index is 614. The Morgan fingerprint density at radius 1 is 1.26 bits per heavy atom. The zero-order valence-electron chi connectivity index (χ0n) is 10.1. The van der Waals surface area contributed by atoms with Gasteiger partial charge in [0.25, 0.3) is 0 Å². The summed E-state index contributed by atoms with van der Waals surface area (Å²) in [5, 5.41) is 12.2. The number of rotatable bonds is 4. The highest BCUT2D eigenvalue weighted by atomic mass is 79.9. The summed E-state index contributed by atoms with van der Waals surface area (Å²) in [7, 11) is 0. The molecule has 0 aliphatic heterocycles. The summed E-state index contributed by atoms with van der Waals surface area (Å²) in [5.41, 5.74) is 7.99. The third kappa shape index (κ3) is 3.48. The third-order valence-corrected chi connectivity index (χ3v) is 3.14. The second-order valence-corrected chi connectivity index (χ2v) is 5.01. The van der Waals surface area contributed by atoms with E-state index in [9.17, 15) is 4.79 Å². The number of aromatic carboxylic acids is 1. The number of carbonyl (C=O) groups is 1. The van der Waals surface area contributed by atoms with Crippen molar-refractivity contribution in [2.75, 3.05) is 11.1 Å². The lowest BCUT2D eigenvalue weighted by atomic mass is 10.1. The molecule has 0 saturated carbocycles. The van der Waals surface area contributed by atoms with Crippen LogP contribution in [-0.2, 0) is 6.54 Å². The van der Waals surface area contributed by atoms with Crippen molar-refractivity contribution in [1.82, 2.24) is 0 Å². The zero-order chi connectivity index (χ0) is 13.8. The minimum atomic E-state index is -0.975. The molecule has 0 aromatic heterocycles. The largest absolute Gasteiger partial charge is 0.478 e. The van der Waals surface area contributed by atoms with Crippen LogP contribution in [0, 0.1) is 0 Å². The Morgan fingerprint density at radius 3 is 2.74 bits per heavy atom. The number of halogens is 1. The molecule has 98 valence electrons. The van der Waals surface area contributed by atoms with E-state index in [1.165, 1.54) is 6.07 Å². The number of carboxylic acids is 1. The summed E-state index contributed by atoms with van der Waals surface area (Å²) in [4.78, 5) is 11.1. The molecule has 2 rings (SSSR count). The minimum absolute atomic E-state index is 0.212. The highest BCUT2D eigenvalue weighted by Gasteiger charge is 2.09. The van der Waals surface area contributed by atoms with E-state index in [1.807, 2.05) is 24.3 Å². The Kier molecular flexibility index (Phi) is 4.06. The van der Waals surface area contributed by atoms with Crippen LogP contribution in [0.1, 0.15) is 15.9 Å². The average Bonchev–Trinajstić information content (AvgIpc) is 2.36. The van der Waals surface area contributed by atoms with Crippen molar-refractivity contribution in [3.63, 3.8) is 0 Å². The number of anilines is 2. The minimum Gasteiger partial charge on any atom is -0.478 e. The third-order valence-electron chi connectivity index (χ3n) is 2.65. The molecule has 0 saturated heterocycles. The van der Waals surface area contributed by atoms with Crippen molar-refractivity contribution in [3.8, 4) is 0 Å². The summed E-state index contributed by atoms with van der Waals surface area (Å²) >= 11 is 3.40. The van der Waals surface area contributed by atoms with E-state index in [1.54, 1.807) is 12.1 Å². The number of nitrogens with two attached hydrogens (primary N) is 1. The molecule has 2 aromatic rings. The second kappa shape index (κ2) is 5.75. The van der Waals surface area contributed by atoms with Crippen LogP contribution in [0.5, 0.6) is 0 Å². The normalized spacial score (nSPS) is 10.2. The van der Waals surface area contributed by atoms with Gasteiger partial charge in [0.05, 0.1) is 11.3 Å². The Balaban J connectivity index is 2.19. The van der Waals surface area contributed by atoms with E-state index in [4.69, 9.17) is 10.8 Å². The smallest absolute Gasteiger partial charge is 0.337 e. The van der Waals surface area contributed by atoms with Gasteiger partial charge in [0, 0.05) is 16.7 Å². The molecule has 2 aromatic carbocycles. The summed E-state index contributed by atoms with van der Waals surface area (Å²) in [6.07, 6.45) is 0. The lowest BCUT2D eigenvalue weighted by Crippen LogP contribution is -2.07. The SMILES string of the molecule is Nc1ccc(C(=O)O)c(NCc2cccc(Br)c2)c1. The van der Waals surface area contributed by atoms with Gasteiger partial charge in [-0.05, 0) is 35.9 Å². The number of benzene rings is 2. The van der Waals surface area contributed by atoms with E-state index >= 15 is 0 Å². The Hall–Kier alpha value is -2.01. The predicted octanol–water partition coefficient (Wildman–Crippen LogP) is 3.34. The number of nitrogen functional groups attached to an aromatic ring is 1. The number of hydrogen-bond donors (Lipinski definition) is 3. The molecule has 19 heavy (non-hydrogen) atoms. The van der Waals surface area contributed by atoms with E-state index in [0.717, 1.165) is 10.0 Å². The van der Waals surface area contributed by atoms with Crippen molar-refractivity contribution in [2.45, 2.75) is 6.54 Å². The second-order valence-electron chi connectivity index (χ2n) is 4.09. The van der Waals surface area contributed by atoms with Gasteiger partial charge >= 0.3 is 5.97 Å². The van der Waals surface area contributed by atoms with E-state index in [-0.39, 0.29) is 5.56 Å². The standard InChI is InChI=1S/C14H13BrN2O2/c15-10-3-1-2-9(6-10)8-17-13-7-11(16)4-5-12(13)14(18)19/h1-7,17H,8,16H2,(H,18,19). The number of carboxylic acid groups (broad SMARTS) is 1. The lowest BCUT2D eigenvalue weighted by molar-refractivity contribution is 0.0698. The molecule has 0 amide bonds. The van der Waals surface area contributed by atoms with Crippen molar-refractivity contribution >= 4 is 33.3 Å². The highest BCUT2D eigenvalue weighted by molar-refractivity contribution is 9.10. The molecule has 0 aliphatic carbocycles. The molecule has 5 heteroatoms. The van der Waals surface area contributed by atoms with E-state index in [0.29, 0.717) is 17.9 Å². The molecule has 0 heterocycles. The van der Waals surface area contributed by atoms with Crippen LogP contribution < -0.4 is 11.1 Å². The van der Waals surface area contributed by atoms with Crippen molar-refractivity contribution in [1.29, 1.82) is 0 Å². The average molecular weight is 321 g/mol. The van der Waals surface area contributed by atoms with Crippen molar-refractivity contribution in [2.24, 2.45) is 0 Å². The van der Waals surface area contributed by atoms with Crippen molar-refractivity contribution < 1.29 is 9.90 Å². The maximum absolute atomic E-state index is 11.1. The zero-order valence-corrected chi connectivity index (χ0v) is 11.6. The van der Waals surface area contributed by atoms with Gasteiger partial charge in [-0.2, -0.15) is 0 Å². The molecule has 0 unspecified atom stereocenters. The Morgan fingerprint density at radius 2 is 2.05 bits per heavy atom. The first kappa shape index (κ1) is 13.4. The Labute approximate surface area is 119 Å². The highest BCUT2D eigenvalue weighted by Crippen LogP contribution is 2.20. The van der Waals surface area contributed by atoms with Gasteiger partial charge in [-0.25, -0.2) is 4.79 Å². The van der Waals surface area contributed by atoms with Gasteiger partial charge in [0.1, 0.15) is 0 Å². The number of nitrogens with one attached hydrogen (secondary N) is 1. The summed E-state index contributed by atoms with van der Waals surface area (Å²) in [6, 6.07) is 12.5. The van der Waals surface area contributed by atoms with Crippen LogP contribution >= 0.6 is 15.9 Å². The van der Waals surface area contributed by atoms with Gasteiger partial charge in [-0.1, -0.05) is 28.1 Å². The molecule has 0 fully saturated rings. The molecule has 4 N–H and O–H groups in total. The molecular formula is C14H13BrN2O2. The van der Waals surface area contributed by atoms with Crippen LogP contribution in [0.15, 0.2) is 46.9 Å². The fraction of sp³-hybridized carbons (Fsp3) is 0.0714. The maximum Gasteiger partial charge on any atom is 0.337 e. The topological polar surface area (TPSA) is 75.4 Å². The molecule has 4 nitrogen and oxygen atoms in total. The monoisotopic (exact) mass is 320 g/mol. The first-order valence-corrected chi connectivity index (χ1v) is 6.46. The van der Waals surface area contributed by atoms with Crippen LogP contribution in [0.4, 0.5) is 11.4 Å². The molecular weight excluding hydrogens is 308 g/mol. The summed E-state index contributed by atoms with van der Waals surface area (Å²) in [5.74, 6) is -0.975. The fourth-order valence-corrected chi connectivity index (χ4v) is 2.19. The van der Waals surface area contributed by atoms with Crippen LogP contribution in [-0.4, -0.2) is 11.1 Å². The van der Waals surface area contributed by atoms with Crippen LogP contribution in [0.2, 0.25) is 0 Å². The predicted molar refractivity (Wildman–Crippen MR) is 79.3 cm³/mol. The van der Waals surface area contributed by atoms with Crippen molar-refractivity contribution in [3.05, 3.63) is 58.1 Å². The van der Waals surface area contributed by atoms with Crippen LogP contribution in [0.25, 0.3) is 0 Å². The van der Waals surface area contributed by atoms with Gasteiger partial charge in [0.2, 0.25) is 0 Å². The molecule has 0 bridgehead atoms. The maximum atomic E-state index is 11.1. The van der Waals surface area contributed by atoms with E-state index in [2.05, 4.69) is 21.2 Å². The van der Waals surface area contributed by atoms with Gasteiger partial charge in [-0.3, -0.25) is 0 Å². The molecule has 0 atom stereocenters. The van der Waals surface area contributed by atoms with Gasteiger partial charge in [0.15, 0.2) is 0 Å². The van der Waals surface area contributed by atoms with Gasteiger partial charge in [-0.15, -0.1) is 0 Å². The molecule has 0 spiro atoms. The summed E-state index contributed by atoms with van der Waals surface area (Å²) in [6.45, 7) is 0.531.